The van der Waals surface area contributed by atoms with Crippen molar-refractivity contribution in [1.29, 1.82) is 0 Å². The van der Waals surface area contributed by atoms with E-state index in [2.05, 4.69) is 31.9 Å². The molecule has 3 heterocycles. The van der Waals surface area contributed by atoms with Gasteiger partial charge in [0.05, 0.1) is 29.5 Å². The number of morpholine rings is 1. The minimum atomic E-state index is -0.527. The normalized spacial score (nSPS) is 14.3. The molecule has 1 aromatic carbocycles. The smallest absolute Gasteiger partial charge is 0.274 e. The molecule has 0 aliphatic carbocycles. The van der Waals surface area contributed by atoms with E-state index >= 15 is 0 Å². The fraction of sp³-hybridized carbons (Fsp3) is 0.217. The molecule has 0 unspecified atom stereocenters. The Hall–Kier alpha value is -3.56. The quantitative estimate of drug-likeness (QED) is 0.581. The predicted molar refractivity (Wildman–Crippen MR) is 125 cm³/mol. The van der Waals surface area contributed by atoms with Crippen LogP contribution in [0, 0.1) is 5.82 Å². The number of carbonyl (C=O) groups is 1. The Morgan fingerprint density at radius 2 is 1.94 bits per heavy atom. The molecule has 8 nitrogen and oxygen atoms in total. The van der Waals surface area contributed by atoms with E-state index in [1.165, 1.54) is 16.8 Å². The summed E-state index contributed by atoms with van der Waals surface area (Å²) in [6, 6.07) is 12.9. The first-order valence-electron chi connectivity index (χ1n) is 10.3. The number of rotatable bonds is 5. The molecule has 4 rings (SSSR count). The topological polar surface area (TPSA) is 84.6 Å². The molecule has 1 aliphatic heterocycles. The number of nitrogens with one attached hydrogen (secondary N) is 1. The van der Waals surface area contributed by atoms with Crippen molar-refractivity contribution < 1.29 is 13.9 Å². The first kappa shape index (κ1) is 22.6. The number of halogens is 2. The number of ether oxygens (including phenoxy) is 1. The molecule has 170 valence electrons. The van der Waals surface area contributed by atoms with Gasteiger partial charge in [0.25, 0.3) is 5.91 Å². The van der Waals surface area contributed by atoms with Gasteiger partial charge < -0.3 is 15.0 Å². The van der Waals surface area contributed by atoms with Crippen LogP contribution in [0.25, 0.3) is 17.0 Å². The highest BCUT2D eigenvalue weighted by atomic mass is 35.5. The highest BCUT2D eigenvalue weighted by Crippen LogP contribution is 2.28. The lowest BCUT2D eigenvalue weighted by molar-refractivity contribution is -0.111. The van der Waals surface area contributed by atoms with E-state index in [1.54, 1.807) is 31.3 Å². The molecule has 0 saturated carbocycles. The molecule has 1 amide bonds. The molecule has 0 bridgehead atoms. The van der Waals surface area contributed by atoms with Crippen molar-refractivity contribution in [3.05, 3.63) is 71.4 Å². The molecular weight excluding hydrogens is 447 g/mol. The number of aromatic nitrogens is 3. The van der Waals surface area contributed by atoms with Crippen molar-refractivity contribution in [3.63, 3.8) is 0 Å². The first-order chi connectivity index (χ1) is 16.0. The number of benzene rings is 1. The number of hydrogen-bond donors (Lipinski definition) is 1. The summed E-state index contributed by atoms with van der Waals surface area (Å²) in [5.41, 5.74) is 0.723. The minimum Gasteiger partial charge on any atom is -0.378 e. The largest absolute Gasteiger partial charge is 0.378 e. The predicted octanol–water partition coefficient (Wildman–Crippen LogP) is 3.21. The minimum absolute atomic E-state index is 0.0107. The summed E-state index contributed by atoms with van der Waals surface area (Å²) in [6.45, 7) is 6.58. The molecule has 1 fully saturated rings. The van der Waals surface area contributed by atoms with Crippen molar-refractivity contribution in [2.75, 3.05) is 43.6 Å². The van der Waals surface area contributed by atoms with Gasteiger partial charge in [-0.05, 0) is 36.4 Å². The first-order valence-corrected chi connectivity index (χ1v) is 10.6. The number of nitrogens with zero attached hydrogens (tertiary/aromatic N) is 5. The second-order valence-corrected chi connectivity index (χ2v) is 7.60. The number of anilines is 2. The van der Waals surface area contributed by atoms with Crippen LogP contribution in [0.4, 0.5) is 16.0 Å². The van der Waals surface area contributed by atoms with Gasteiger partial charge in [-0.3, -0.25) is 9.79 Å². The van der Waals surface area contributed by atoms with E-state index in [9.17, 15) is 9.18 Å². The third-order valence-corrected chi connectivity index (χ3v) is 5.41. The highest BCUT2D eigenvalue weighted by Gasteiger charge is 2.17. The summed E-state index contributed by atoms with van der Waals surface area (Å²) in [5.74, 6) is 0.0599. The van der Waals surface area contributed by atoms with Gasteiger partial charge in [0.1, 0.15) is 28.6 Å². The van der Waals surface area contributed by atoms with E-state index < -0.39 is 11.7 Å². The number of amides is 1. The Morgan fingerprint density at radius 3 is 2.67 bits per heavy atom. The fourth-order valence-corrected chi connectivity index (χ4v) is 3.67. The van der Waals surface area contributed by atoms with Crippen LogP contribution >= 0.6 is 11.6 Å². The zero-order valence-corrected chi connectivity index (χ0v) is 18.7. The van der Waals surface area contributed by atoms with Crippen LogP contribution in [0.15, 0.2) is 60.1 Å². The summed E-state index contributed by atoms with van der Waals surface area (Å²) >= 11 is 6.18. The Bertz CT molecular complexity index is 1250. The molecule has 0 spiro atoms. The van der Waals surface area contributed by atoms with Crippen LogP contribution in [0.5, 0.6) is 0 Å². The van der Waals surface area contributed by atoms with Crippen molar-refractivity contribution >= 4 is 34.8 Å². The lowest BCUT2D eigenvalue weighted by Gasteiger charge is -2.28. The van der Waals surface area contributed by atoms with Gasteiger partial charge >= 0.3 is 0 Å². The molecule has 3 aromatic rings. The summed E-state index contributed by atoms with van der Waals surface area (Å²) in [6.07, 6.45) is 0. The van der Waals surface area contributed by atoms with Gasteiger partial charge in [-0.1, -0.05) is 30.3 Å². The molecule has 0 atom stereocenters. The third kappa shape index (κ3) is 4.94. The Labute approximate surface area is 195 Å². The highest BCUT2D eigenvalue weighted by molar-refractivity contribution is 6.33. The lowest BCUT2D eigenvalue weighted by Crippen LogP contribution is -2.36. The Morgan fingerprint density at radius 1 is 1.18 bits per heavy atom. The number of hydrogen-bond acceptors (Lipinski definition) is 6. The van der Waals surface area contributed by atoms with Gasteiger partial charge in [-0.25, -0.2) is 14.1 Å². The zero-order chi connectivity index (χ0) is 23.4. The maximum Gasteiger partial charge on any atom is 0.274 e. The molecule has 2 aromatic heterocycles. The van der Waals surface area contributed by atoms with E-state index in [4.69, 9.17) is 16.3 Å². The summed E-state index contributed by atoms with van der Waals surface area (Å²) in [7, 11) is 1.56. The second kappa shape index (κ2) is 9.93. The third-order valence-electron chi connectivity index (χ3n) is 5.09. The molecular formula is C23H22ClFN6O2. The van der Waals surface area contributed by atoms with Crippen molar-refractivity contribution in [2.24, 2.45) is 4.99 Å². The van der Waals surface area contributed by atoms with Gasteiger partial charge in [0.2, 0.25) is 0 Å². The summed E-state index contributed by atoms with van der Waals surface area (Å²) < 4.78 is 21.0. The molecule has 10 heteroatoms. The van der Waals surface area contributed by atoms with E-state index in [0.717, 1.165) is 18.9 Å². The average Bonchev–Trinajstić information content (AvgIpc) is 2.84. The van der Waals surface area contributed by atoms with Crippen LogP contribution in [0.1, 0.15) is 0 Å². The van der Waals surface area contributed by atoms with E-state index in [0.29, 0.717) is 24.5 Å². The molecule has 1 aliphatic rings. The maximum absolute atomic E-state index is 14.4. The standard InChI is InChI=1S/C23H22ClFN6O2/c1-15(23(32)28-19-7-4-8-21(27-19)30-11-13-33-14-12-30)31-20(26-2)10-9-18(29-31)22-16(24)5-3-6-17(22)25/h3-10H,1,11-14H2,2H3,(H,27,28,32)/b26-20-. The van der Waals surface area contributed by atoms with Crippen molar-refractivity contribution in [3.8, 4) is 11.3 Å². The van der Waals surface area contributed by atoms with Crippen molar-refractivity contribution in [1.82, 2.24) is 14.8 Å². The van der Waals surface area contributed by atoms with Crippen molar-refractivity contribution in [2.45, 2.75) is 0 Å². The molecule has 0 radical (unpaired) electrons. The van der Waals surface area contributed by atoms with Crippen LogP contribution in [0.2, 0.25) is 5.02 Å². The molecule has 1 saturated heterocycles. The van der Waals surface area contributed by atoms with Gasteiger partial charge in [0, 0.05) is 20.1 Å². The van der Waals surface area contributed by atoms with Crippen LogP contribution < -0.4 is 15.7 Å². The lowest BCUT2D eigenvalue weighted by atomic mass is 10.1. The van der Waals surface area contributed by atoms with E-state index in [1.807, 2.05) is 12.1 Å². The van der Waals surface area contributed by atoms with Gasteiger partial charge in [0.15, 0.2) is 0 Å². The number of pyridine rings is 1. The summed E-state index contributed by atoms with van der Waals surface area (Å²) in [5, 5.41) is 7.33. The fourth-order valence-electron chi connectivity index (χ4n) is 3.41. The van der Waals surface area contributed by atoms with Crippen LogP contribution in [0.3, 0.4) is 0 Å². The number of carbonyl (C=O) groups excluding carboxylic acids is 1. The van der Waals surface area contributed by atoms with Crippen LogP contribution in [-0.2, 0) is 9.53 Å². The SMILES string of the molecule is C=C(C(=O)Nc1cccc(N2CCOCC2)n1)n1nc(-c2c(F)cccc2Cl)cc/c1=N/C. The summed E-state index contributed by atoms with van der Waals surface area (Å²) in [4.78, 5) is 23.7. The molecule has 1 N–H and O–H groups in total. The Kier molecular flexibility index (Phi) is 6.81. The van der Waals surface area contributed by atoms with Gasteiger partial charge in [-0.15, -0.1) is 0 Å². The average molecular weight is 469 g/mol. The molecule has 33 heavy (non-hydrogen) atoms. The van der Waals surface area contributed by atoms with Gasteiger partial charge in [-0.2, -0.15) is 5.10 Å². The zero-order valence-electron chi connectivity index (χ0n) is 18.0. The second-order valence-electron chi connectivity index (χ2n) is 7.19. The maximum atomic E-state index is 14.4. The van der Waals surface area contributed by atoms with Crippen LogP contribution in [-0.4, -0.2) is 54.0 Å². The Balaban J connectivity index is 1.61. The monoisotopic (exact) mass is 468 g/mol. The van der Waals surface area contributed by atoms with E-state index in [-0.39, 0.29) is 22.0 Å².